The predicted molar refractivity (Wildman–Crippen MR) is 98.7 cm³/mol. The molecule has 1 N–H and O–H groups in total. The number of nitrogens with one attached hydrogen (secondary N) is 1. The number of halogens is 1. The van der Waals surface area contributed by atoms with Crippen molar-refractivity contribution in [2.75, 3.05) is 26.9 Å². The van der Waals surface area contributed by atoms with E-state index in [0.29, 0.717) is 37.8 Å². The molecule has 0 aliphatic carbocycles. The molecule has 0 radical (unpaired) electrons. The standard InChI is InChI=1S/C19H22ClN3O4/c1-25-7-5-23-10-12(9-21-23)18-14(4-6-26-18)19(24)22-16-11-27-17-3-2-13(20)8-15(16)17/h2-3,8-10,14,16,18H,4-7,11H2,1H3,(H,22,24)/t14-,16?,18+/m0/s1. The van der Waals surface area contributed by atoms with E-state index in [9.17, 15) is 4.79 Å². The summed E-state index contributed by atoms with van der Waals surface area (Å²) in [5.74, 6) is 0.472. The highest BCUT2D eigenvalue weighted by Crippen LogP contribution is 2.37. The normalized spacial score (nSPS) is 23.9. The molecule has 8 heteroatoms. The minimum Gasteiger partial charge on any atom is -0.491 e. The Kier molecular flexibility index (Phi) is 5.33. The van der Waals surface area contributed by atoms with E-state index in [-0.39, 0.29) is 24.0 Å². The van der Waals surface area contributed by atoms with Crippen molar-refractivity contribution in [3.05, 3.63) is 46.7 Å². The Labute approximate surface area is 162 Å². The third-order valence-electron chi connectivity index (χ3n) is 5.00. The lowest BCUT2D eigenvalue weighted by atomic mass is 9.95. The van der Waals surface area contributed by atoms with Gasteiger partial charge in [0.2, 0.25) is 5.91 Å². The van der Waals surface area contributed by atoms with Gasteiger partial charge in [-0.1, -0.05) is 11.6 Å². The highest BCUT2D eigenvalue weighted by Gasteiger charge is 2.38. The van der Waals surface area contributed by atoms with Gasteiger partial charge in [-0.3, -0.25) is 9.48 Å². The summed E-state index contributed by atoms with van der Waals surface area (Å²) in [6.07, 6.45) is 4.07. The van der Waals surface area contributed by atoms with Gasteiger partial charge in [0.05, 0.1) is 37.4 Å². The van der Waals surface area contributed by atoms with Gasteiger partial charge in [-0.25, -0.2) is 0 Å². The average Bonchev–Trinajstić information content (AvgIpc) is 3.39. The van der Waals surface area contributed by atoms with Crippen LogP contribution in [0, 0.1) is 5.92 Å². The van der Waals surface area contributed by atoms with Crippen molar-refractivity contribution in [3.63, 3.8) is 0 Å². The molecule has 1 fully saturated rings. The summed E-state index contributed by atoms with van der Waals surface area (Å²) in [6, 6.07) is 5.26. The van der Waals surface area contributed by atoms with Crippen LogP contribution in [0.2, 0.25) is 5.02 Å². The largest absolute Gasteiger partial charge is 0.491 e. The number of amides is 1. The van der Waals surface area contributed by atoms with Crippen LogP contribution < -0.4 is 10.1 Å². The Hall–Kier alpha value is -2.09. The summed E-state index contributed by atoms with van der Waals surface area (Å²) in [4.78, 5) is 12.9. The van der Waals surface area contributed by atoms with Gasteiger partial charge in [0.15, 0.2) is 0 Å². The van der Waals surface area contributed by atoms with Crippen molar-refractivity contribution >= 4 is 17.5 Å². The molecule has 7 nitrogen and oxygen atoms in total. The van der Waals surface area contributed by atoms with Crippen molar-refractivity contribution in [2.24, 2.45) is 5.92 Å². The second kappa shape index (κ2) is 7.88. The zero-order valence-corrected chi connectivity index (χ0v) is 15.8. The molecule has 1 aromatic heterocycles. The third-order valence-corrected chi connectivity index (χ3v) is 5.24. The van der Waals surface area contributed by atoms with Crippen LogP contribution in [0.4, 0.5) is 0 Å². The predicted octanol–water partition coefficient (Wildman–Crippen LogP) is 2.51. The molecule has 1 aromatic carbocycles. The molecule has 27 heavy (non-hydrogen) atoms. The number of nitrogens with zero attached hydrogens (tertiary/aromatic N) is 2. The summed E-state index contributed by atoms with van der Waals surface area (Å²) in [6.45, 7) is 2.21. The van der Waals surface area contributed by atoms with Crippen molar-refractivity contribution < 1.29 is 19.0 Å². The van der Waals surface area contributed by atoms with E-state index in [1.54, 1.807) is 24.1 Å². The van der Waals surface area contributed by atoms with Gasteiger partial charge in [-0.15, -0.1) is 0 Å². The highest BCUT2D eigenvalue weighted by molar-refractivity contribution is 6.30. The minimum absolute atomic E-state index is 0.0384. The van der Waals surface area contributed by atoms with E-state index in [2.05, 4.69) is 10.4 Å². The number of rotatable bonds is 6. The first-order chi connectivity index (χ1) is 13.2. The number of aromatic nitrogens is 2. The number of fused-ring (bicyclic) bond motifs is 1. The number of benzene rings is 1. The smallest absolute Gasteiger partial charge is 0.226 e. The molecule has 3 atom stereocenters. The fraction of sp³-hybridized carbons (Fsp3) is 0.474. The van der Waals surface area contributed by atoms with Crippen LogP contribution in [0.3, 0.4) is 0 Å². The molecule has 1 saturated heterocycles. The molecule has 0 bridgehead atoms. The summed E-state index contributed by atoms with van der Waals surface area (Å²) < 4.78 is 18.4. The van der Waals surface area contributed by atoms with Crippen LogP contribution >= 0.6 is 11.6 Å². The lowest BCUT2D eigenvalue weighted by Gasteiger charge is -2.19. The van der Waals surface area contributed by atoms with Gasteiger partial charge in [-0.2, -0.15) is 5.10 Å². The van der Waals surface area contributed by atoms with E-state index in [4.69, 9.17) is 25.8 Å². The molecular formula is C19H22ClN3O4. The summed E-state index contributed by atoms with van der Waals surface area (Å²) >= 11 is 6.09. The summed E-state index contributed by atoms with van der Waals surface area (Å²) in [5, 5.41) is 8.05. The Morgan fingerprint density at radius 3 is 3.22 bits per heavy atom. The quantitative estimate of drug-likeness (QED) is 0.819. The Morgan fingerprint density at radius 2 is 2.37 bits per heavy atom. The molecule has 144 valence electrons. The third kappa shape index (κ3) is 3.81. The first-order valence-corrected chi connectivity index (χ1v) is 9.39. The second-order valence-electron chi connectivity index (χ2n) is 6.77. The molecule has 0 saturated carbocycles. The van der Waals surface area contributed by atoms with Crippen LogP contribution in [0.5, 0.6) is 5.75 Å². The number of ether oxygens (including phenoxy) is 3. The van der Waals surface area contributed by atoms with Gasteiger partial charge in [0, 0.05) is 36.1 Å². The fourth-order valence-electron chi connectivity index (χ4n) is 3.60. The van der Waals surface area contributed by atoms with E-state index in [1.807, 2.05) is 18.3 Å². The van der Waals surface area contributed by atoms with Gasteiger partial charge in [-0.05, 0) is 24.6 Å². The van der Waals surface area contributed by atoms with Crippen LogP contribution in [0.25, 0.3) is 0 Å². The molecule has 2 aliphatic heterocycles. The summed E-state index contributed by atoms with van der Waals surface area (Å²) in [7, 11) is 1.66. The van der Waals surface area contributed by atoms with Gasteiger partial charge in [0.25, 0.3) is 0 Å². The van der Waals surface area contributed by atoms with Gasteiger partial charge in [0.1, 0.15) is 12.4 Å². The van der Waals surface area contributed by atoms with Crippen LogP contribution in [0.15, 0.2) is 30.6 Å². The zero-order valence-electron chi connectivity index (χ0n) is 15.1. The number of carbonyl (C=O) groups is 1. The van der Waals surface area contributed by atoms with Crippen molar-refractivity contribution in [1.29, 1.82) is 0 Å². The molecule has 2 aromatic rings. The van der Waals surface area contributed by atoms with Gasteiger partial charge < -0.3 is 19.5 Å². The number of carbonyl (C=O) groups excluding carboxylic acids is 1. The molecule has 1 unspecified atom stereocenters. The molecule has 0 spiro atoms. The first-order valence-electron chi connectivity index (χ1n) is 9.01. The number of hydrogen-bond acceptors (Lipinski definition) is 5. The lowest BCUT2D eigenvalue weighted by Crippen LogP contribution is -2.35. The number of hydrogen-bond donors (Lipinski definition) is 1. The van der Waals surface area contributed by atoms with Crippen LogP contribution in [0.1, 0.15) is 29.7 Å². The highest BCUT2D eigenvalue weighted by atomic mass is 35.5. The maximum atomic E-state index is 12.9. The molecule has 2 aliphatic rings. The summed E-state index contributed by atoms with van der Waals surface area (Å²) in [5.41, 5.74) is 1.83. The van der Waals surface area contributed by atoms with Crippen LogP contribution in [-0.4, -0.2) is 42.6 Å². The Balaban J connectivity index is 1.44. The van der Waals surface area contributed by atoms with E-state index < -0.39 is 0 Å². The Morgan fingerprint density at radius 1 is 1.48 bits per heavy atom. The maximum Gasteiger partial charge on any atom is 0.226 e. The van der Waals surface area contributed by atoms with E-state index in [1.165, 1.54) is 0 Å². The van der Waals surface area contributed by atoms with Gasteiger partial charge >= 0.3 is 0 Å². The number of methoxy groups -OCH3 is 1. The lowest BCUT2D eigenvalue weighted by molar-refractivity contribution is -0.127. The molecule has 1 amide bonds. The molecule has 4 rings (SSSR count). The first kappa shape index (κ1) is 18.3. The second-order valence-corrected chi connectivity index (χ2v) is 7.21. The molecular weight excluding hydrogens is 370 g/mol. The average molecular weight is 392 g/mol. The Bertz CT molecular complexity index is 825. The van der Waals surface area contributed by atoms with Crippen molar-refractivity contribution in [1.82, 2.24) is 15.1 Å². The zero-order chi connectivity index (χ0) is 18.8. The minimum atomic E-state index is -0.289. The maximum absolute atomic E-state index is 12.9. The topological polar surface area (TPSA) is 74.6 Å². The van der Waals surface area contributed by atoms with Crippen molar-refractivity contribution in [3.8, 4) is 5.75 Å². The monoisotopic (exact) mass is 391 g/mol. The van der Waals surface area contributed by atoms with Crippen LogP contribution in [-0.2, 0) is 20.8 Å². The fourth-order valence-corrected chi connectivity index (χ4v) is 3.78. The SMILES string of the molecule is COCCn1cc([C@H]2OCC[C@@H]2C(=O)NC2COc3ccc(Cl)cc32)cn1. The van der Waals surface area contributed by atoms with E-state index in [0.717, 1.165) is 16.9 Å². The van der Waals surface area contributed by atoms with E-state index >= 15 is 0 Å². The molecule has 3 heterocycles. The van der Waals surface area contributed by atoms with Crippen molar-refractivity contribution in [2.45, 2.75) is 25.1 Å².